The van der Waals surface area contributed by atoms with Gasteiger partial charge in [-0.1, -0.05) is 13.8 Å². The lowest BCUT2D eigenvalue weighted by molar-refractivity contribution is 0.0606. The third-order valence-electron chi connectivity index (χ3n) is 2.93. The van der Waals surface area contributed by atoms with E-state index in [0.29, 0.717) is 10.3 Å². The third kappa shape index (κ3) is 4.26. The number of esters is 1. The van der Waals surface area contributed by atoms with Crippen molar-refractivity contribution in [2.24, 2.45) is 11.1 Å². The Morgan fingerprint density at radius 3 is 2.57 bits per heavy atom. The molecule has 1 aromatic rings. The summed E-state index contributed by atoms with van der Waals surface area (Å²) in [6.07, 6.45) is 0. The maximum Gasteiger partial charge on any atom is 0.348 e. The van der Waals surface area contributed by atoms with Crippen molar-refractivity contribution in [1.29, 1.82) is 0 Å². The highest BCUT2D eigenvalue weighted by Gasteiger charge is 2.30. The summed E-state index contributed by atoms with van der Waals surface area (Å²) in [5.41, 5.74) is 5.30. The number of nitrogens with zero attached hydrogens (tertiary/aromatic N) is 1. The van der Waals surface area contributed by atoms with Crippen LogP contribution in [0.2, 0.25) is 0 Å². The molecular formula is C12H19BrN2O4S2. The average molecular weight is 399 g/mol. The normalized spacial score (nSPS) is 12.7. The molecule has 0 radical (unpaired) electrons. The quantitative estimate of drug-likeness (QED) is 0.738. The highest BCUT2D eigenvalue weighted by molar-refractivity contribution is 9.11. The average Bonchev–Trinajstić information content (AvgIpc) is 2.80. The predicted molar refractivity (Wildman–Crippen MR) is 86.0 cm³/mol. The Balaban J connectivity index is 3.14. The minimum absolute atomic E-state index is 0.0585. The summed E-state index contributed by atoms with van der Waals surface area (Å²) in [6, 6.07) is 1.32. The zero-order valence-electron chi connectivity index (χ0n) is 12.3. The molecule has 0 fully saturated rings. The van der Waals surface area contributed by atoms with Crippen LogP contribution in [0.15, 0.2) is 14.7 Å². The summed E-state index contributed by atoms with van der Waals surface area (Å²) in [5.74, 6) is -0.563. The molecule has 0 amide bonds. The molecule has 0 aliphatic carbocycles. The fraction of sp³-hybridized carbons (Fsp3) is 0.583. The summed E-state index contributed by atoms with van der Waals surface area (Å²) < 4.78 is 31.4. The molecule has 0 unspecified atom stereocenters. The van der Waals surface area contributed by atoms with Crippen LogP contribution < -0.4 is 5.73 Å². The topological polar surface area (TPSA) is 89.7 Å². The molecule has 9 heteroatoms. The number of sulfonamides is 1. The highest BCUT2D eigenvalue weighted by atomic mass is 79.9. The van der Waals surface area contributed by atoms with Gasteiger partial charge in [-0.2, -0.15) is 0 Å². The standard InChI is InChI=1S/C12H19BrN2O4S2/c1-12(2,6-14)7-15(3)21(17,18)9-5-8(11(16)19-4)20-10(9)13/h5H,6-7,14H2,1-4H3. The summed E-state index contributed by atoms with van der Waals surface area (Å²) in [4.78, 5) is 11.8. The van der Waals surface area contributed by atoms with Crippen LogP contribution in [0.1, 0.15) is 23.5 Å². The lowest BCUT2D eigenvalue weighted by Gasteiger charge is -2.28. The van der Waals surface area contributed by atoms with Crippen LogP contribution in [0, 0.1) is 5.41 Å². The lowest BCUT2D eigenvalue weighted by Crippen LogP contribution is -2.39. The van der Waals surface area contributed by atoms with Crippen molar-refractivity contribution in [3.8, 4) is 0 Å². The van der Waals surface area contributed by atoms with E-state index in [1.165, 1.54) is 24.5 Å². The molecule has 1 heterocycles. The Hall–Kier alpha value is -0.480. The number of thiophene rings is 1. The van der Waals surface area contributed by atoms with Gasteiger partial charge in [-0.25, -0.2) is 17.5 Å². The first-order chi connectivity index (χ1) is 9.55. The molecule has 1 rings (SSSR count). The van der Waals surface area contributed by atoms with E-state index in [4.69, 9.17) is 5.73 Å². The third-order valence-corrected chi connectivity index (χ3v) is 6.97. The van der Waals surface area contributed by atoms with E-state index in [0.717, 1.165) is 11.3 Å². The van der Waals surface area contributed by atoms with Gasteiger partial charge in [0.15, 0.2) is 0 Å². The van der Waals surface area contributed by atoms with Crippen molar-refractivity contribution in [3.63, 3.8) is 0 Å². The molecule has 0 aromatic carbocycles. The molecule has 2 N–H and O–H groups in total. The molecule has 0 saturated heterocycles. The molecule has 0 atom stereocenters. The zero-order valence-corrected chi connectivity index (χ0v) is 15.6. The van der Waals surface area contributed by atoms with E-state index in [9.17, 15) is 13.2 Å². The first kappa shape index (κ1) is 18.6. The minimum Gasteiger partial charge on any atom is -0.465 e. The molecule has 21 heavy (non-hydrogen) atoms. The van der Waals surface area contributed by atoms with Crippen molar-refractivity contribution in [3.05, 3.63) is 14.7 Å². The number of rotatable bonds is 6. The molecule has 0 bridgehead atoms. The largest absolute Gasteiger partial charge is 0.465 e. The van der Waals surface area contributed by atoms with Crippen LogP contribution in [0.25, 0.3) is 0 Å². The number of carbonyl (C=O) groups is 1. The van der Waals surface area contributed by atoms with Crippen molar-refractivity contribution in [1.82, 2.24) is 4.31 Å². The maximum atomic E-state index is 12.6. The number of methoxy groups -OCH3 is 1. The van der Waals surface area contributed by atoms with Crippen LogP contribution in [-0.2, 0) is 14.8 Å². The molecule has 1 aromatic heterocycles. The molecule has 0 spiro atoms. The van der Waals surface area contributed by atoms with Gasteiger partial charge in [0, 0.05) is 13.6 Å². The van der Waals surface area contributed by atoms with Crippen molar-refractivity contribution >= 4 is 43.3 Å². The SMILES string of the molecule is COC(=O)c1cc(S(=O)(=O)N(C)CC(C)(C)CN)c(Br)s1. The number of hydrogen-bond acceptors (Lipinski definition) is 6. The van der Waals surface area contributed by atoms with Gasteiger partial charge in [-0.15, -0.1) is 11.3 Å². The number of hydrogen-bond donors (Lipinski definition) is 1. The number of halogens is 1. The fourth-order valence-corrected chi connectivity index (χ4v) is 5.44. The zero-order chi connectivity index (χ0) is 16.4. The monoisotopic (exact) mass is 398 g/mol. The van der Waals surface area contributed by atoms with Gasteiger partial charge >= 0.3 is 5.97 Å². The second-order valence-corrected chi connectivity index (χ2v) is 9.75. The van der Waals surface area contributed by atoms with E-state index in [1.54, 1.807) is 0 Å². The van der Waals surface area contributed by atoms with E-state index in [1.807, 2.05) is 13.8 Å². The maximum absolute atomic E-state index is 12.6. The van der Waals surface area contributed by atoms with Crippen LogP contribution >= 0.6 is 27.3 Å². The van der Waals surface area contributed by atoms with Gasteiger partial charge in [0.1, 0.15) is 9.77 Å². The van der Waals surface area contributed by atoms with Crippen molar-refractivity contribution in [2.45, 2.75) is 18.7 Å². The van der Waals surface area contributed by atoms with E-state index < -0.39 is 16.0 Å². The summed E-state index contributed by atoms with van der Waals surface area (Å²) in [5, 5.41) is 0. The van der Waals surface area contributed by atoms with Crippen molar-refractivity contribution < 1.29 is 17.9 Å². The van der Waals surface area contributed by atoms with Gasteiger partial charge in [0.2, 0.25) is 10.0 Å². The number of carbonyl (C=O) groups excluding carboxylic acids is 1. The van der Waals surface area contributed by atoms with E-state index in [-0.39, 0.29) is 21.7 Å². The van der Waals surface area contributed by atoms with E-state index in [2.05, 4.69) is 20.7 Å². The fourth-order valence-electron chi connectivity index (χ4n) is 1.65. The Morgan fingerprint density at radius 2 is 2.10 bits per heavy atom. The molecule has 0 aliphatic heterocycles. The van der Waals surface area contributed by atoms with Crippen LogP contribution in [0.3, 0.4) is 0 Å². The van der Waals surface area contributed by atoms with Crippen molar-refractivity contribution in [2.75, 3.05) is 27.2 Å². The number of ether oxygens (including phenoxy) is 1. The Bertz CT molecular complexity index is 625. The first-order valence-electron chi connectivity index (χ1n) is 6.09. The molecule has 0 saturated carbocycles. The van der Waals surface area contributed by atoms with Gasteiger partial charge in [-0.3, -0.25) is 0 Å². The highest BCUT2D eigenvalue weighted by Crippen LogP contribution is 2.34. The predicted octanol–water partition coefficient (Wildman–Crippen LogP) is 1.90. The van der Waals surface area contributed by atoms with Crippen LogP contribution in [0.4, 0.5) is 0 Å². The second-order valence-electron chi connectivity index (χ2n) is 5.37. The second kappa shape index (κ2) is 6.74. The minimum atomic E-state index is -3.70. The molecule has 6 nitrogen and oxygen atoms in total. The summed E-state index contributed by atoms with van der Waals surface area (Å²) in [6.45, 7) is 4.43. The van der Waals surface area contributed by atoms with Gasteiger partial charge < -0.3 is 10.5 Å². The Kier molecular flexibility index (Phi) is 5.96. The van der Waals surface area contributed by atoms with E-state index >= 15 is 0 Å². The van der Waals surface area contributed by atoms with Crippen LogP contribution in [0.5, 0.6) is 0 Å². The molecular weight excluding hydrogens is 380 g/mol. The van der Waals surface area contributed by atoms with Gasteiger partial charge in [-0.05, 0) is 34.0 Å². The molecule has 0 aliphatic rings. The number of nitrogens with two attached hydrogens (primary N) is 1. The smallest absolute Gasteiger partial charge is 0.348 e. The van der Waals surface area contributed by atoms with Crippen LogP contribution in [-0.4, -0.2) is 45.9 Å². The molecule has 120 valence electrons. The summed E-state index contributed by atoms with van der Waals surface area (Å²) in [7, 11) is -0.956. The van der Waals surface area contributed by atoms with Gasteiger partial charge in [0.25, 0.3) is 0 Å². The summed E-state index contributed by atoms with van der Waals surface area (Å²) >= 11 is 4.22. The Labute approximate surface area is 137 Å². The Morgan fingerprint density at radius 1 is 1.52 bits per heavy atom. The first-order valence-corrected chi connectivity index (χ1v) is 9.14. The van der Waals surface area contributed by atoms with Gasteiger partial charge in [0.05, 0.1) is 10.9 Å². The lowest BCUT2D eigenvalue weighted by atomic mass is 9.94.